The first-order valence-corrected chi connectivity index (χ1v) is 6.89. The second-order valence-electron chi connectivity index (χ2n) is 4.27. The number of rotatable bonds is 5. The Bertz CT molecular complexity index is 499. The Morgan fingerprint density at radius 1 is 1.22 bits per heavy atom. The zero-order valence-electron chi connectivity index (χ0n) is 10.3. The first-order valence-electron chi connectivity index (χ1n) is 6.01. The maximum Gasteiger partial charge on any atom is 0.102 e. The molecule has 2 aromatic rings. The molecule has 2 rings (SSSR count). The molecule has 1 aromatic carbocycles. The van der Waals surface area contributed by atoms with Crippen LogP contribution >= 0.6 is 11.3 Å². The van der Waals surface area contributed by atoms with E-state index in [1.807, 2.05) is 24.3 Å². The van der Waals surface area contributed by atoms with Crippen molar-refractivity contribution in [3.63, 3.8) is 0 Å². The van der Waals surface area contributed by atoms with Gasteiger partial charge in [-0.2, -0.15) is 5.26 Å². The van der Waals surface area contributed by atoms with Crippen molar-refractivity contribution in [3.8, 4) is 6.07 Å². The van der Waals surface area contributed by atoms with Gasteiger partial charge in [0.2, 0.25) is 0 Å². The van der Waals surface area contributed by atoms with Crippen molar-refractivity contribution in [1.29, 1.82) is 5.26 Å². The second-order valence-corrected chi connectivity index (χ2v) is 5.30. The van der Waals surface area contributed by atoms with Gasteiger partial charge < -0.3 is 0 Å². The van der Waals surface area contributed by atoms with Crippen molar-refractivity contribution in [2.75, 3.05) is 0 Å². The average Bonchev–Trinajstić information content (AvgIpc) is 2.93. The van der Waals surface area contributed by atoms with Crippen molar-refractivity contribution < 1.29 is 0 Å². The number of nitrogens with zero attached hydrogens (tertiary/aromatic N) is 1. The number of thiophene rings is 1. The summed E-state index contributed by atoms with van der Waals surface area (Å²) >= 11 is 1.71. The van der Waals surface area contributed by atoms with Gasteiger partial charge in [0.05, 0.1) is 6.07 Å². The van der Waals surface area contributed by atoms with Crippen LogP contribution in [-0.4, -0.2) is 6.04 Å². The predicted octanol–water partition coefficient (Wildman–Crippen LogP) is 3.53. The van der Waals surface area contributed by atoms with Crippen LogP contribution in [0.2, 0.25) is 0 Å². The summed E-state index contributed by atoms with van der Waals surface area (Å²) < 4.78 is 0. The van der Waals surface area contributed by atoms with Gasteiger partial charge in [-0.25, -0.2) is 0 Å². The van der Waals surface area contributed by atoms with Crippen molar-refractivity contribution in [2.24, 2.45) is 0 Å². The summed E-state index contributed by atoms with van der Waals surface area (Å²) in [5, 5.41) is 14.7. The highest BCUT2D eigenvalue weighted by molar-refractivity contribution is 7.09. The van der Waals surface area contributed by atoms with Crippen molar-refractivity contribution in [1.82, 2.24) is 5.32 Å². The van der Waals surface area contributed by atoms with Crippen LogP contribution in [0.15, 0.2) is 47.8 Å². The smallest absolute Gasteiger partial charge is 0.102 e. The summed E-state index contributed by atoms with van der Waals surface area (Å²) in [5.74, 6) is 0.191. The average molecular weight is 256 g/mol. The number of benzene rings is 1. The van der Waals surface area contributed by atoms with Crippen LogP contribution in [0.4, 0.5) is 0 Å². The molecule has 0 fully saturated rings. The highest BCUT2D eigenvalue weighted by atomic mass is 32.1. The molecule has 0 radical (unpaired) electrons. The van der Waals surface area contributed by atoms with E-state index in [0.717, 1.165) is 6.54 Å². The van der Waals surface area contributed by atoms with Gasteiger partial charge in [-0.05, 0) is 17.0 Å². The summed E-state index contributed by atoms with van der Waals surface area (Å²) in [5.41, 5.74) is 1.20. The molecule has 0 aliphatic rings. The van der Waals surface area contributed by atoms with E-state index >= 15 is 0 Å². The molecule has 0 aliphatic carbocycles. The van der Waals surface area contributed by atoms with E-state index < -0.39 is 0 Å². The molecule has 2 unspecified atom stereocenters. The second kappa shape index (κ2) is 6.34. The van der Waals surface area contributed by atoms with Crippen molar-refractivity contribution >= 4 is 11.3 Å². The van der Waals surface area contributed by atoms with Crippen LogP contribution in [0, 0.1) is 11.3 Å². The van der Waals surface area contributed by atoms with E-state index in [-0.39, 0.29) is 12.0 Å². The van der Waals surface area contributed by atoms with E-state index in [9.17, 15) is 5.26 Å². The fraction of sp³-hybridized carbons (Fsp3) is 0.267. The summed E-state index contributed by atoms with van der Waals surface area (Å²) in [4.78, 5) is 1.26. The maximum atomic E-state index is 9.28. The molecule has 1 N–H and O–H groups in total. The Morgan fingerprint density at radius 3 is 2.61 bits per heavy atom. The molecule has 3 heteroatoms. The Balaban J connectivity index is 1.99. The van der Waals surface area contributed by atoms with Gasteiger partial charge >= 0.3 is 0 Å². The van der Waals surface area contributed by atoms with Gasteiger partial charge in [-0.15, -0.1) is 11.3 Å². The molecule has 1 aromatic heterocycles. The van der Waals surface area contributed by atoms with Crippen LogP contribution in [0.5, 0.6) is 0 Å². The summed E-state index contributed by atoms with van der Waals surface area (Å²) in [6, 6.07) is 16.5. The number of hydrogen-bond donors (Lipinski definition) is 1. The Hall–Kier alpha value is -1.63. The van der Waals surface area contributed by atoms with Crippen LogP contribution in [-0.2, 0) is 6.54 Å². The number of nitriles is 1. The topological polar surface area (TPSA) is 35.8 Å². The normalized spacial score (nSPS) is 13.8. The zero-order valence-corrected chi connectivity index (χ0v) is 11.2. The standard InChI is InChI=1S/C15H16N2S/c1-12(13-6-3-2-4-7-13)15(10-16)17-11-14-8-5-9-18-14/h2-9,12,15,17H,11H2,1H3. The fourth-order valence-electron chi connectivity index (χ4n) is 1.91. The largest absolute Gasteiger partial charge is 0.296 e. The molecule has 0 saturated carbocycles. The van der Waals surface area contributed by atoms with Gasteiger partial charge in [0.15, 0.2) is 0 Å². The Kier molecular flexibility index (Phi) is 4.52. The highest BCUT2D eigenvalue weighted by Gasteiger charge is 2.17. The minimum atomic E-state index is -0.158. The monoisotopic (exact) mass is 256 g/mol. The van der Waals surface area contributed by atoms with Gasteiger partial charge in [-0.1, -0.05) is 43.3 Å². The molecule has 2 atom stereocenters. The molecule has 0 aliphatic heterocycles. The van der Waals surface area contributed by atoms with E-state index in [1.54, 1.807) is 11.3 Å². The number of nitrogens with one attached hydrogen (secondary N) is 1. The zero-order chi connectivity index (χ0) is 12.8. The van der Waals surface area contributed by atoms with Crippen LogP contribution in [0.3, 0.4) is 0 Å². The first-order chi connectivity index (χ1) is 8.81. The minimum Gasteiger partial charge on any atom is -0.296 e. The molecular formula is C15H16N2S. The van der Waals surface area contributed by atoms with Gasteiger partial charge in [-0.3, -0.25) is 5.32 Å². The molecule has 0 saturated heterocycles. The van der Waals surface area contributed by atoms with Crippen molar-refractivity contribution in [2.45, 2.75) is 25.4 Å². The SMILES string of the molecule is CC(c1ccccc1)C(C#N)NCc1cccs1. The maximum absolute atomic E-state index is 9.28. The van der Waals surface area contributed by atoms with Gasteiger partial charge in [0, 0.05) is 17.3 Å². The van der Waals surface area contributed by atoms with E-state index in [1.165, 1.54) is 10.4 Å². The third-order valence-electron chi connectivity index (χ3n) is 3.04. The van der Waals surface area contributed by atoms with Crippen LogP contribution in [0.1, 0.15) is 23.3 Å². The van der Waals surface area contributed by atoms with E-state index in [4.69, 9.17) is 0 Å². The molecule has 92 valence electrons. The molecule has 18 heavy (non-hydrogen) atoms. The fourth-order valence-corrected chi connectivity index (χ4v) is 2.56. The third-order valence-corrected chi connectivity index (χ3v) is 3.92. The Morgan fingerprint density at radius 2 is 2.00 bits per heavy atom. The summed E-state index contributed by atoms with van der Waals surface area (Å²) in [6.07, 6.45) is 0. The molecule has 0 bridgehead atoms. The molecule has 1 heterocycles. The molecule has 0 amide bonds. The van der Waals surface area contributed by atoms with Gasteiger partial charge in [0.1, 0.15) is 6.04 Å². The van der Waals surface area contributed by atoms with Crippen LogP contribution in [0.25, 0.3) is 0 Å². The minimum absolute atomic E-state index is 0.158. The van der Waals surface area contributed by atoms with E-state index in [2.05, 4.69) is 41.9 Å². The Labute approximate surface area is 112 Å². The molecular weight excluding hydrogens is 240 g/mol. The lowest BCUT2D eigenvalue weighted by atomic mass is 9.94. The summed E-state index contributed by atoms with van der Waals surface area (Å²) in [7, 11) is 0. The lowest BCUT2D eigenvalue weighted by Gasteiger charge is -2.19. The molecule has 2 nitrogen and oxygen atoms in total. The van der Waals surface area contributed by atoms with Crippen molar-refractivity contribution in [3.05, 3.63) is 58.3 Å². The van der Waals surface area contributed by atoms with E-state index in [0.29, 0.717) is 0 Å². The first kappa shape index (κ1) is 12.8. The van der Waals surface area contributed by atoms with Gasteiger partial charge in [0.25, 0.3) is 0 Å². The summed E-state index contributed by atoms with van der Waals surface area (Å²) in [6.45, 7) is 2.84. The quantitative estimate of drug-likeness (QED) is 0.888. The van der Waals surface area contributed by atoms with Crippen LogP contribution < -0.4 is 5.32 Å². The lowest BCUT2D eigenvalue weighted by Crippen LogP contribution is -2.31. The lowest BCUT2D eigenvalue weighted by molar-refractivity contribution is 0.532. The number of hydrogen-bond acceptors (Lipinski definition) is 3. The third kappa shape index (κ3) is 3.19. The molecule has 0 spiro atoms. The highest BCUT2D eigenvalue weighted by Crippen LogP contribution is 2.19. The predicted molar refractivity (Wildman–Crippen MR) is 75.4 cm³/mol.